The first kappa shape index (κ1) is 28.9. The van der Waals surface area contributed by atoms with Crippen molar-refractivity contribution in [2.75, 3.05) is 6.61 Å². The topological polar surface area (TPSA) is 56.2 Å². The van der Waals surface area contributed by atoms with Crippen LogP contribution in [0.5, 0.6) is 0 Å². The summed E-state index contributed by atoms with van der Waals surface area (Å²) in [4.78, 5) is 17.8. The van der Waals surface area contributed by atoms with Crippen LogP contribution in [0.2, 0.25) is 0 Å². The average Bonchev–Trinajstić information content (AvgIpc) is 3.71. The van der Waals surface area contributed by atoms with Crippen molar-refractivity contribution in [3.63, 3.8) is 0 Å². The van der Waals surface area contributed by atoms with Crippen LogP contribution in [0.1, 0.15) is 39.4 Å². The van der Waals surface area contributed by atoms with Gasteiger partial charge in [0.05, 0.1) is 18.1 Å². The Morgan fingerprint density at radius 2 is 1.24 bits per heavy atom. The minimum absolute atomic E-state index is 0.0276. The van der Waals surface area contributed by atoms with Crippen LogP contribution in [0.25, 0.3) is 11.1 Å². The Labute approximate surface area is 269 Å². The molecule has 6 aromatic rings. The predicted octanol–water partition coefficient (Wildman–Crippen LogP) is 7.81. The Morgan fingerprint density at radius 3 is 1.74 bits per heavy atom. The highest BCUT2D eigenvalue weighted by molar-refractivity contribution is 5.79. The second kappa shape index (κ2) is 12.6. The number of carbonyl (C=O) groups excluding carboxylic acids is 1. The maximum Gasteiger partial charge on any atom is 0.408 e. The third kappa shape index (κ3) is 5.25. The molecule has 0 bridgehead atoms. The van der Waals surface area contributed by atoms with Crippen molar-refractivity contribution < 1.29 is 9.53 Å². The fourth-order valence-corrected chi connectivity index (χ4v) is 6.78. The zero-order valence-electron chi connectivity index (χ0n) is 25.3. The van der Waals surface area contributed by atoms with E-state index in [9.17, 15) is 4.79 Å². The van der Waals surface area contributed by atoms with E-state index in [1.165, 1.54) is 11.1 Å². The third-order valence-electron chi connectivity index (χ3n) is 8.85. The fraction of sp³-hybridized carbons (Fsp3) is 0.122. The van der Waals surface area contributed by atoms with Gasteiger partial charge in [-0.15, -0.1) is 6.42 Å². The summed E-state index contributed by atoms with van der Waals surface area (Å²) in [7, 11) is 0. The second-order valence-electron chi connectivity index (χ2n) is 11.5. The number of aromatic nitrogens is 2. The standard InChI is InChI=1S/C41H33N3O2/c1-2-33(43-40(45)46-28-39-37-24-14-12-22-35(37)36-23-13-15-25-38(36)39)26-34-27-44(29-42-34)41(30-16-6-3-7-17-30,31-18-8-4-9-19-31)32-20-10-5-11-21-32/h1,3-25,27,29,33,39H,26,28H2,(H,43,45)/t33-/m1/s1. The van der Waals surface area contributed by atoms with E-state index in [4.69, 9.17) is 16.1 Å². The van der Waals surface area contributed by atoms with Crippen LogP contribution in [0.4, 0.5) is 4.79 Å². The van der Waals surface area contributed by atoms with Gasteiger partial charge in [-0.1, -0.05) is 145 Å². The first-order chi connectivity index (χ1) is 22.7. The number of imidazole rings is 1. The van der Waals surface area contributed by atoms with Crippen molar-refractivity contribution >= 4 is 6.09 Å². The van der Waals surface area contributed by atoms with Crippen molar-refractivity contribution in [1.29, 1.82) is 0 Å². The normalized spacial score (nSPS) is 12.8. The van der Waals surface area contributed by atoms with Gasteiger partial charge in [0, 0.05) is 18.5 Å². The Morgan fingerprint density at radius 1 is 0.761 bits per heavy atom. The number of benzene rings is 5. The lowest BCUT2D eigenvalue weighted by atomic mass is 9.77. The molecule has 224 valence electrons. The molecule has 46 heavy (non-hydrogen) atoms. The highest BCUT2D eigenvalue weighted by Crippen LogP contribution is 2.44. The van der Waals surface area contributed by atoms with Crippen LogP contribution < -0.4 is 5.32 Å². The second-order valence-corrected chi connectivity index (χ2v) is 11.5. The highest BCUT2D eigenvalue weighted by atomic mass is 16.5. The summed E-state index contributed by atoms with van der Waals surface area (Å²) in [5.41, 5.74) is 8.06. The molecule has 1 heterocycles. The molecule has 5 nitrogen and oxygen atoms in total. The zero-order valence-corrected chi connectivity index (χ0v) is 25.3. The molecule has 0 radical (unpaired) electrons. The summed E-state index contributed by atoms with van der Waals surface area (Å²) in [6.07, 6.45) is 9.60. The van der Waals surface area contributed by atoms with E-state index >= 15 is 0 Å². The van der Waals surface area contributed by atoms with Crippen molar-refractivity contribution in [2.24, 2.45) is 0 Å². The van der Waals surface area contributed by atoms with Crippen LogP contribution in [0.15, 0.2) is 152 Å². The van der Waals surface area contributed by atoms with E-state index in [2.05, 4.69) is 113 Å². The number of rotatable bonds is 9. The predicted molar refractivity (Wildman–Crippen MR) is 181 cm³/mol. The summed E-state index contributed by atoms with van der Waals surface area (Å²) in [5, 5.41) is 2.88. The van der Waals surface area contributed by atoms with Gasteiger partial charge in [0.15, 0.2) is 0 Å². The first-order valence-corrected chi connectivity index (χ1v) is 15.5. The Hall–Kier alpha value is -5.86. The van der Waals surface area contributed by atoms with Gasteiger partial charge in [0.2, 0.25) is 0 Å². The lowest BCUT2D eigenvalue weighted by Gasteiger charge is -2.37. The number of ether oxygens (including phenoxy) is 1. The third-order valence-corrected chi connectivity index (χ3v) is 8.85. The molecular formula is C41H33N3O2. The molecule has 1 amide bonds. The molecule has 0 saturated carbocycles. The van der Waals surface area contributed by atoms with Gasteiger partial charge in [-0.05, 0) is 38.9 Å². The number of hydrogen-bond acceptors (Lipinski definition) is 3. The molecule has 1 aliphatic carbocycles. The number of alkyl carbamates (subject to hydrolysis) is 1. The Bertz CT molecular complexity index is 1850. The highest BCUT2D eigenvalue weighted by Gasteiger charge is 2.38. The summed E-state index contributed by atoms with van der Waals surface area (Å²) >= 11 is 0. The lowest BCUT2D eigenvalue weighted by molar-refractivity contribution is 0.141. The number of carbonyl (C=O) groups is 1. The molecule has 0 fully saturated rings. The van der Waals surface area contributed by atoms with Gasteiger partial charge < -0.3 is 14.6 Å². The lowest BCUT2D eigenvalue weighted by Crippen LogP contribution is -2.37. The van der Waals surface area contributed by atoms with Crippen LogP contribution >= 0.6 is 0 Å². The van der Waals surface area contributed by atoms with Gasteiger partial charge in [-0.25, -0.2) is 9.78 Å². The van der Waals surface area contributed by atoms with Crippen molar-refractivity contribution in [1.82, 2.24) is 14.9 Å². The van der Waals surface area contributed by atoms with Gasteiger partial charge in [0.1, 0.15) is 12.1 Å². The minimum atomic E-state index is -0.680. The minimum Gasteiger partial charge on any atom is -0.449 e. The van der Waals surface area contributed by atoms with Crippen LogP contribution in [-0.2, 0) is 16.7 Å². The van der Waals surface area contributed by atoms with Crippen LogP contribution in [0.3, 0.4) is 0 Å². The van der Waals surface area contributed by atoms with E-state index in [-0.39, 0.29) is 12.5 Å². The van der Waals surface area contributed by atoms with Crippen LogP contribution in [-0.4, -0.2) is 28.3 Å². The zero-order chi connectivity index (χ0) is 31.3. The van der Waals surface area contributed by atoms with E-state index in [1.807, 2.05) is 55.0 Å². The Balaban J connectivity index is 1.12. The van der Waals surface area contributed by atoms with Crippen LogP contribution in [0, 0.1) is 12.3 Å². The molecule has 5 heteroatoms. The molecule has 0 aliphatic heterocycles. The quantitative estimate of drug-likeness (QED) is 0.136. The molecule has 1 aliphatic rings. The molecule has 0 spiro atoms. The van der Waals surface area contributed by atoms with E-state index in [0.717, 1.165) is 33.5 Å². The molecular weight excluding hydrogens is 566 g/mol. The Kier molecular flexibility index (Phi) is 7.93. The molecule has 0 unspecified atom stereocenters. The smallest absolute Gasteiger partial charge is 0.408 e. The maximum atomic E-state index is 13.0. The maximum absolute atomic E-state index is 13.0. The fourth-order valence-electron chi connectivity index (χ4n) is 6.78. The van der Waals surface area contributed by atoms with Crippen molar-refractivity contribution in [2.45, 2.75) is 23.9 Å². The first-order valence-electron chi connectivity index (χ1n) is 15.5. The number of nitrogens with zero attached hydrogens (tertiary/aromatic N) is 2. The number of fused-ring (bicyclic) bond motifs is 3. The number of hydrogen-bond donors (Lipinski definition) is 1. The van der Waals surface area contributed by atoms with E-state index < -0.39 is 17.7 Å². The number of nitrogens with one attached hydrogen (secondary N) is 1. The van der Waals surface area contributed by atoms with Gasteiger partial charge in [0.25, 0.3) is 0 Å². The number of amides is 1. The van der Waals surface area contributed by atoms with Gasteiger partial charge >= 0.3 is 6.09 Å². The van der Waals surface area contributed by atoms with Crippen molar-refractivity contribution in [3.8, 4) is 23.5 Å². The molecule has 0 saturated heterocycles. The van der Waals surface area contributed by atoms with Gasteiger partial charge in [-0.2, -0.15) is 0 Å². The summed E-state index contributed by atoms with van der Waals surface area (Å²) in [6, 6.07) is 47.2. The monoisotopic (exact) mass is 599 g/mol. The molecule has 5 aromatic carbocycles. The summed E-state index contributed by atoms with van der Waals surface area (Å²) in [6.45, 7) is 0.222. The van der Waals surface area contributed by atoms with Crippen molar-refractivity contribution in [3.05, 3.63) is 186 Å². The SMILES string of the molecule is C#C[C@H](Cc1cn(C(c2ccccc2)(c2ccccc2)c2ccccc2)cn1)NC(=O)OCC1c2ccccc2-c2ccccc21. The van der Waals surface area contributed by atoms with E-state index in [1.54, 1.807) is 0 Å². The molecule has 1 aromatic heterocycles. The van der Waals surface area contributed by atoms with E-state index in [0.29, 0.717) is 6.42 Å². The average molecular weight is 600 g/mol. The molecule has 1 atom stereocenters. The molecule has 1 N–H and O–H groups in total. The van der Waals surface area contributed by atoms with Gasteiger partial charge in [-0.3, -0.25) is 0 Å². The largest absolute Gasteiger partial charge is 0.449 e. The summed E-state index contributed by atoms with van der Waals surface area (Å²) in [5.74, 6) is 2.69. The molecule has 7 rings (SSSR count). The number of terminal acetylenes is 1. The summed E-state index contributed by atoms with van der Waals surface area (Å²) < 4.78 is 7.91.